The molecule has 2 rings (SSSR count). The van der Waals surface area contributed by atoms with Crippen molar-refractivity contribution in [3.8, 4) is 0 Å². The second kappa shape index (κ2) is 7.38. The van der Waals surface area contributed by atoms with Crippen LogP contribution in [0.1, 0.15) is 13.8 Å². The predicted octanol–water partition coefficient (Wildman–Crippen LogP) is 4.01. The third kappa shape index (κ3) is 3.81. The van der Waals surface area contributed by atoms with Crippen molar-refractivity contribution >= 4 is 5.69 Å². The van der Waals surface area contributed by atoms with Gasteiger partial charge in [0.05, 0.1) is 5.70 Å². The van der Waals surface area contributed by atoms with Gasteiger partial charge in [-0.25, -0.2) is 0 Å². The number of para-hydroxylation sites is 1. The number of allylic oxidation sites excluding steroid dienone is 3. The Bertz CT molecular complexity index is 430. The largest absolute Gasteiger partial charge is 0.350 e. The summed E-state index contributed by atoms with van der Waals surface area (Å²) in [6.45, 7) is 4.00. The minimum atomic E-state index is 1.17. The maximum Gasteiger partial charge on any atom is 0.0568 e. The van der Waals surface area contributed by atoms with Crippen LogP contribution < -0.4 is 4.90 Å². The van der Waals surface area contributed by atoms with Gasteiger partial charge in [-0.15, -0.1) is 0 Å². The fourth-order valence-corrected chi connectivity index (χ4v) is 1.61. The van der Waals surface area contributed by atoms with Crippen LogP contribution in [0, 0.1) is 0 Å². The van der Waals surface area contributed by atoms with Gasteiger partial charge in [-0.2, -0.15) is 0 Å². The number of hydrogen-bond acceptors (Lipinski definition) is 2. The summed E-state index contributed by atoms with van der Waals surface area (Å²) in [6.07, 6.45) is 10.3. The van der Waals surface area contributed by atoms with Gasteiger partial charge < -0.3 is 9.80 Å². The molecular weight excluding hydrogens is 220 g/mol. The van der Waals surface area contributed by atoms with Crippen LogP contribution >= 0.6 is 0 Å². The summed E-state index contributed by atoms with van der Waals surface area (Å²) in [5, 5.41) is 0. The molecule has 1 aromatic carbocycles. The van der Waals surface area contributed by atoms with Gasteiger partial charge in [0, 0.05) is 32.2 Å². The van der Waals surface area contributed by atoms with Gasteiger partial charge in [-0.3, -0.25) is 0 Å². The zero-order valence-electron chi connectivity index (χ0n) is 11.7. The van der Waals surface area contributed by atoms with Crippen LogP contribution in [0.4, 0.5) is 5.69 Å². The number of benzene rings is 1. The lowest BCUT2D eigenvalue weighted by atomic mass is 10.2. The van der Waals surface area contributed by atoms with Crippen molar-refractivity contribution in [2.24, 2.45) is 0 Å². The van der Waals surface area contributed by atoms with Crippen molar-refractivity contribution in [3.05, 3.63) is 66.7 Å². The van der Waals surface area contributed by atoms with E-state index in [1.165, 1.54) is 11.4 Å². The number of hydrogen-bond donors (Lipinski definition) is 0. The van der Waals surface area contributed by atoms with E-state index in [9.17, 15) is 0 Å². The lowest BCUT2D eigenvalue weighted by Gasteiger charge is -2.22. The van der Waals surface area contributed by atoms with Crippen molar-refractivity contribution in [2.45, 2.75) is 13.8 Å². The number of nitrogens with zero attached hydrogens (tertiary/aromatic N) is 2. The van der Waals surface area contributed by atoms with Crippen molar-refractivity contribution in [1.82, 2.24) is 4.90 Å². The smallest absolute Gasteiger partial charge is 0.0568 e. The minimum absolute atomic E-state index is 1.17. The maximum atomic E-state index is 2.12. The van der Waals surface area contributed by atoms with E-state index < -0.39 is 0 Å². The Labute approximate surface area is 111 Å². The average molecular weight is 242 g/mol. The monoisotopic (exact) mass is 242 g/mol. The van der Waals surface area contributed by atoms with E-state index in [0.717, 1.165) is 0 Å². The molecule has 0 amide bonds. The zero-order valence-corrected chi connectivity index (χ0v) is 11.7. The van der Waals surface area contributed by atoms with Gasteiger partial charge in [0.15, 0.2) is 0 Å². The van der Waals surface area contributed by atoms with Gasteiger partial charge in [-0.1, -0.05) is 38.1 Å². The van der Waals surface area contributed by atoms with E-state index in [1.807, 2.05) is 57.4 Å². The minimum Gasteiger partial charge on any atom is -0.350 e. The highest BCUT2D eigenvalue weighted by molar-refractivity contribution is 5.49. The van der Waals surface area contributed by atoms with E-state index in [2.05, 4.69) is 41.3 Å². The van der Waals surface area contributed by atoms with Crippen LogP contribution in [-0.4, -0.2) is 19.0 Å². The molecule has 1 heterocycles. The second-order valence-corrected chi connectivity index (χ2v) is 3.81. The molecule has 0 N–H and O–H groups in total. The first kappa shape index (κ1) is 14.1. The fraction of sp³-hybridized carbons (Fsp3) is 0.250. The summed E-state index contributed by atoms with van der Waals surface area (Å²) in [6, 6.07) is 10.3. The van der Waals surface area contributed by atoms with E-state index in [0.29, 0.717) is 0 Å². The molecule has 0 aromatic heterocycles. The highest BCUT2D eigenvalue weighted by atomic mass is 15.1. The van der Waals surface area contributed by atoms with Gasteiger partial charge in [-0.05, 0) is 24.3 Å². The summed E-state index contributed by atoms with van der Waals surface area (Å²) in [5.41, 5.74) is 2.36. The lowest BCUT2D eigenvalue weighted by Crippen LogP contribution is -2.16. The Balaban J connectivity index is 0.000000771. The molecule has 0 fully saturated rings. The summed E-state index contributed by atoms with van der Waals surface area (Å²) >= 11 is 0. The van der Waals surface area contributed by atoms with Crippen LogP contribution in [-0.2, 0) is 0 Å². The predicted molar refractivity (Wildman–Crippen MR) is 80.3 cm³/mol. The third-order valence-corrected chi connectivity index (χ3v) is 2.58. The standard InChI is InChI=1S/C14H16N2.C2H6/c1-15-11-7-6-10-14(15)12-16(2)13-8-4-3-5-9-13;1-2/h3-12H,1-2H3;1-2H3/b14-12-;. The Kier molecular flexibility index (Phi) is 5.78. The van der Waals surface area contributed by atoms with Crippen LogP contribution in [0.15, 0.2) is 66.7 Å². The van der Waals surface area contributed by atoms with Crippen LogP contribution in [0.3, 0.4) is 0 Å². The highest BCUT2D eigenvalue weighted by Crippen LogP contribution is 2.15. The van der Waals surface area contributed by atoms with E-state index in [1.54, 1.807) is 0 Å². The first-order valence-corrected chi connectivity index (χ1v) is 6.35. The van der Waals surface area contributed by atoms with Crippen LogP contribution in [0.5, 0.6) is 0 Å². The van der Waals surface area contributed by atoms with Gasteiger partial charge >= 0.3 is 0 Å². The highest BCUT2D eigenvalue weighted by Gasteiger charge is 2.03. The molecule has 0 atom stereocenters. The van der Waals surface area contributed by atoms with Gasteiger partial charge in [0.1, 0.15) is 0 Å². The molecule has 18 heavy (non-hydrogen) atoms. The average Bonchev–Trinajstić information content (AvgIpc) is 2.44. The summed E-state index contributed by atoms with van der Waals surface area (Å²) in [4.78, 5) is 4.22. The van der Waals surface area contributed by atoms with Crippen molar-refractivity contribution < 1.29 is 0 Å². The quantitative estimate of drug-likeness (QED) is 0.773. The molecule has 1 aromatic rings. The molecule has 0 saturated carbocycles. The first-order chi connectivity index (χ1) is 8.77. The van der Waals surface area contributed by atoms with Crippen LogP contribution in [0.25, 0.3) is 0 Å². The maximum absolute atomic E-state index is 2.12. The normalized spacial score (nSPS) is 15.3. The van der Waals surface area contributed by atoms with Crippen molar-refractivity contribution in [3.63, 3.8) is 0 Å². The first-order valence-electron chi connectivity index (χ1n) is 6.35. The molecular formula is C16H22N2. The lowest BCUT2D eigenvalue weighted by molar-refractivity contribution is 0.581. The number of anilines is 1. The molecule has 2 heteroatoms. The Hall–Kier alpha value is -1.96. The molecule has 96 valence electrons. The molecule has 1 aliphatic heterocycles. The summed E-state index contributed by atoms with van der Waals surface area (Å²) in [5.74, 6) is 0. The second-order valence-electron chi connectivity index (χ2n) is 3.81. The Morgan fingerprint density at radius 3 is 2.33 bits per heavy atom. The van der Waals surface area contributed by atoms with E-state index in [-0.39, 0.29) is 0 Å². The summed E-state index contributed by atoms with van der Waals surface area (Å²) in [7, 11) is 4.10. The van der Waals surface area contributed by atoms with E-state index in [4.69, 9.17) is 0 Å². The molecule has 0 unspecified atom stereocenters. The molecule has 0 aliphatic carbocycles. The van der Waals surface area contributed by atoms with Gasteiger partial charge in [0.2, 0.25) is 0 Å². The Morgan fingerprint density at radius 1 is 1.06 bits per heavy atom. The van der Waals surface area contributed by atoms with Crippen LogP contribution in [0.2, 0.25) is 0 Å². The van der Waals surface area contributed by atoms with E-state index >= 15 is 0 Å². The topological polar surface area (TPSA) is 6.48 Å². The molecule has 0 saturated heterocycles. The zero-order chi connectivity index (χ0) is 13.4. The van der Waals surface area contributed by atoms with Crippen molar-refractivity contribution in [1.29, 1.82) is 0 Å². The summed E-state index contributed by atoms with van der Waals surface area (Å²) < 4.78 is 0. The fourth-order valence-electron chi connectivity index (χ4n) is 1.61. The van der Waals surface area contributed by atoms with Gasteiger partial charge in [0.25, 0.3) is 0 Å². The molecule has 2 nitrogen and oxygen atoms in total. The third-order valence-electron chi connectivity index (χ3n) is 2.58. The molecule has 1 aliphatic rings. The molecule has 0 bridgehead atoms. The SMILES string of the molecule is CC.CN1C=CC=C/C1=C/N(C)c1ccccc1. The number of likely N-dealkylation sites (N-methyl/N-ethyl adjacent to an activating group) is 1. The van der Waals surface area contributed by atoms with Crippen molar-refractivity contribution in [2.75, 3.05) is 19.0 Å². The number of rotatable bonds is 2. The molecule has 0 spiro atoms. The Morgan fingerprint density at radius 2 is 1.72 bits per heavy atom. The molecule has 0 radical (unpaired) electrons.